The number of carbonyl (C=O) groups is 2. The van der Waals surface area contributed by atoms with Gasteiger partial charge in [-0.2, -0.15) is 13.2 Å². The normalized spacial score (nSPS) is 11.0. The van der Waals surface area contributed by atoms with Crippen LogP contribution in [-0.2, 0) is 16.1 Å². The van der Waals surface area contributed by atoms with Crippen molar-refractivity contribution >= 4 is 17.5 Å². The number of anilines is 1. The van der Waals surface area contributed by atoms with Gasteiger partial charge in [0.15, 0.2) is 6.61 Å². The summed E-state index contributed by atoms with van der Waals surface area (Å²) in [6.07, 6.45) is -4.94. The van der Waals surface area contributed by atoms with Crippen molar-refractivity contribution in [1.82, 2.24) is 5.32 Å². The number of alkyl halides is 3. The molecule has 0 atom stereocenters. The van der Waals surface area contributed by atoms with E-state index >= 15 is 0 Å². The van der Waals surface area contributed by atoms with Gasteiger partial charge in [0.2, 0.25) is 0 Å². The summed E-state index contributed by atoms with van der Waals surface area (Å²) in [5, 5.41) is 4.40. The van der Waals surface area contributed by atoms with Gasteiger partial charge >= 0.3 is 12.1 Å². The van der Waals surface area contributed by atoms with E-state index in [1.807, 2.05) is 26.0 Å². The number of aryl methyl sites for hydroxylation is 2. The number of hydrogen-bond acceptors (Lipinski definition) is 3. The van der Waals surface area contributed by atoms with Crippen LogP contribution in [0.15, 0.2) is 42.5 Å². The van der Waals surface area contributed by atoms with Crippen molar-refractivity contribution in [2.75, 3.05) is 11.9 Å². The zero-order chi connectivity index (χ0) is 20.0. The first-order valence-corrected chi connectivity index (χ1v) is 8.09. The van der Waals surface area contributed by atoms with Crippen LogP contribution >= 0.6 is 0 Å². The predicted molar refractivity (Wildman–Crippen MR) is 94.4 cm³/mol. The summed E-state index contributed by atoms with van der Waals surface area (Å²) in [4.78, 5) is 22.7. The summed E-state index contributed by atoms with van der Waals surface area (Å²) in [5.41, 5.74) is 2.71. The minimum Gasteiger partial charge on any atom is -0.484 e. The lowest BCUT2D eigenvalue weighted by Gasteiger charge is -2.11. The molecular formula is C19H19F3N2O3. The van der Waals surface area contributed by atoms with Crippen molar-refractivity contribution in [1.29, 1.82) is 0 Å². The van der Waals surface area contributed by atoms with Gasteiger partial charge in [-0.3, -0.25) is 9.59 Å². The second kappa shape index (κ2) is 8.57. The van der Waals surface area contributed by atoms with Gasteiger partial charge in [0.05, 0.1) is 0 Å². The van der Waals surface area contributed by atoms with Crippen LogP contribution in [0.5, 0.6) is 5.75 Å². The van der Waals surface area contributed by atoms with Crippen LogP contribution < -0.4 is 15.4 Å². The molecule has 0 aliphatic rings. The maximum Gasteiger partial charge on any atom is 0.471 e. The molecule has 0 aliphatic carbocycles. The maximum atomic E-state index is 12.2. The van der Waals surface area contributed by atoms with Crippen molar-refractivity contribution in [2.45, 2.75) is 26.6 Å². The van der Waals surface area contributed by atoms with E-state index in [0.717, 1.165) is 11.1 Å². The Morgan fingerprint density at radius 1 is 1.04 bits per heavy atom. The Kier molecular flexibility index (Phi) is 6.44. The van der Waals surface area contributed by atoms with Crippen LogP contribution in [-0.4, -0.2) is 24.6 Å². The van der Waals surface area contributed by atoms with Crippen molar-refractivity contribution in [3.63, 3.8) is 0 Å². The van der Waals surface area contributed by atoms with E-state index in [1.54, 1.807) is 11.4 Å². The summed E-state index contributed by atoms with van der Waals surface area (Å²) in [7, 11) is 0. The van der Waals surface area contributed by atoms with Gasteiger partial charge in [0, 0.05) is 12.2 Å². The summed E-state index contributed by atoms with van der Waals surface area (Å²) in [6.45, 7) is 3.88. The average Bonchev–Trinajstić information content (AvgIpc) is 2.59. The van der Waals surface area contributed by atoms with E-state index in [-0.39, 0.29) is 24.7 Å². The van der Waals surface area contributed by atoms with E-state index in [2.05, 4.69) is 5.32 Å². The number of carbonyl (C=O) groups excluding carboxylic acids is 2. The van der Waals surface area contributed by atoms with Gasteiger partial charge in [-0.1, -0.05) is 29.8 Å². The number of rotatable bonds is 6. The molecule has 0 radical (unpaired) electrons. The summed E-state index contributed by atoms with van der Waals surface area (Å²) >= 11 is 0. The molecule has 0 saturated heterocycles. The predicted octanol–water partition coefficient (Wildman–Crippen LogP) is 3.50. The van der Waals surface area contributed by atoms with Crippen LogP contribution in [0.3, 0.4) is 0 Å². The molecule has 0 spiro atoms. The Hall–Kier alpha value is -3.03. The average molecular weight is 380 g/mol. The molecule has 2 N–H and O–H groups in total. The zero-order valence-electron chi connectivity index (χ0n) is 14.8. The Labute approximate surface area is 154 Å². The largest absolute Gasteiger partial charge is 0.484 e. The Bertz CT molecular complexity index is 818. The highest BCUT2D eigenvalue weighted by Gasteiger charge is 2.38. The fourth-order valence-electron chi connectivity index (χ4n) is 2.26. The van der Waals surface area contributed by atoms with Gasteiger partial charge < -0.3 is 15.4 Å². The SMILES string of the molecule is Cc1ccc(OCC(=O)NCc2ccc(NC(=O)C(F)(F)F)cc2)c(C)c1. The Balaban J connectivity index is 1.80. The first-order chi connectivity index (χ1) is 12.6. The molecule has 0 aromatic heterocycles. The van der Waals surface area contributed by atoms with Crippen LogP contribution in [0.4, 0.5) is 18.9 Å². The first kappa shape index (κ1) is 20.3. The lowest BCUT2D eigenvalue weighted by molar-refractivity contribution is -0.167. The molecular weight excluding hydrogens is 361 g/mol. The number of halogens is 3. The molecule has 8 heteroatoms. The first-order valence-electron chi connectivity index (χ1n) is 8.09. The molecule has 2 rings (SSSR count). The highest BCUT2D eigenvalue weighted by atomic mass is 19.4. The van der Waals surface area contributed by atoms with E-state index in [9.17, 15) is 22.8 Å². The second-order valence-corrected chi connectivity index (χ2v) is 5.98. The lowest BCUT2D eigenvalue weighted by atomic mass is 10.1. The van der Waals surface area contributed by atoms with E-state index < -0.39 is 12.1 Å². The van der Waals surface area contributed by atoms with E-state index in [4.69, 9.17) is 4.74 Å². The minimum atomic E-state index is -4.94. The summed E-state index contributed by atoms with van der Waals surface area (Å²) in [5.74, 6) is -1.74. The smallest absolute Gasteiger partial charge is 0.471 e. The molecule has 27 heavy (non-hydrogen) atoms. The number of hydrogen-bond donors (Lipinski definition) is 2. The quantitative estimate of drug-likeness (QED) is 0.806. The van der Waals surface area contributed by atoms with Crippen molar-refractivity contribution in [3.8, 4) is 5.75 Å². The molecule has 0 aliphatic heterocycles. The molecule has 2 aromatic carbocycles. The third-order valence-corrected chi connectivity index (χ3v) is 3.65. The Morgan fingerprint density at radius 3 is 2.30 bits per heavy atom. The zero-order valence-corrected chi connectivity index (χ0v) is 14.8. The second-order valence-electron chi connectivity index (χ2n) is 5.98. The van der Waals surface area contributed by atoms with Crippen molar-refractivity contribution < 1.29 is 27.5 Å². The maximum absolute atomic E-state index is 12.2. The third-order valence-electron chi connectivity index (χ3n) is 3.65. The minimum absolute atomic E-state index is 0.0191. The van der Waals surface area contributed by atoms with Gasteiger partial charge in [-0.05, 0) is 43.2 Å². The molecule has 0 bridgehead atoms. The van der Waals surface area contributed by atoms with Crippen molar-refractivity contribution in [3.05, 3.63) is 59.2 Å². The Morgan fingerprint density at radius 2 is 1.70 bits per heavy atom. The van der Waals surface area contributed by atoms with Gasteiger partial charge in [-0.25, -0.2) is 0 Å². The standard InChI is InChI=1S/C19H19F3N2O3/c1-12-3-8-16(13(2)9-12)27-11-17(25)23-10-14-4-6-15(7-5-14)24-18(26)19(20,21)22/h3-9H,10-11H2,1-2H3,(H,23,25)(H,24,26). The molecule has 0 saturated carbocycles. The highest BCUT2D eigenvalue weighted by Crippen LogP contribution is 2.19. The molecule has 144 valence electrons. The molecule has 5 nitrogen and oxygen atoms in total. The van der Waals surface area contributed by atoms with Gasteiger partial charge in [-0.15, -0.1) is 0 Å². The molecule has 2 aromatic rings. The number of benzene rings is 2. The molecule has 0 unspecified atom stereocenters. The van der Waals surface area contributed by atoms with Crippen LogP contribution in [0.2, 0.25) is 0 Å². The number of ether oxygens (including phenoxy) is 1. The van der Waals surface area contributed by atoms with E-state index in [1.165, 1.54) is 24.3 Å². The highest BCUT2D eigenvalue weighted by molar-refractivity contribution is 5.94. The summed E-state index contributed by atoms with van der Waals surface area (Å²) < 4.78 is 42.0. The fourth-order valence-corrected chi connectivity index (χ4v) is 2.26. The van der Waals surface area contributed by atoms with Crippen molar-refractivity contribution in [2.24, 2.45) is 0 Å². The number of nitrogens with one attached hydrogen (secondary N) is 2. The summed E-state index contributed by atoms with van der Waals surface area (Å²) in [6, 6.07) is 11.3. The lowest BCUT2D eigenvalue weighted by Crippen LogP contribution is -2.30. The molecule has 2 amide bonds. The molecule has 0 heterocycles. The van der Waals surface area contributed by atoms with Crippen LogP contribution in [0, 0.1) is 13.8 Å². The van der Waals surface area contributed by atoms with Gasteiger partial charge in [0.1, 0.15) is 5.75 Å². The fraction of sp³-hybridized carbons (Fsp3) is 0.263. The number of amides is 2. The van der Waals surface area contributed by atoms with Gasteiger partial charge in [0.25, 0.3) is 5.91 Å². The third kappa shape index (κ3) is 6.32. The van der Waals surface area contributed by atoms with Crippen LogP contribution in [0.1, 0.15) is 16.7 Å². The van der Waals surface area contributed by atoms with E-state index in [0.29, 0.717) is 11.3 Å². The van der Waals surface area contributed by atoms with Crippen LogP contribution in [0.25, 0.3) is 0 Å². The topological polar surface area (TPSA) is 67.4 Å². The molecule has 0 fully saturated rings. The monoisotopic (exact) mass is 380 g/mol.